The Kier molecular flexibility index (Phi) is 7.72. The number of nitrogens with zero attached hydrogens (tertiary/aromatic N) is 1. The molecular weight excluding hydrogens is 520 g/mol. The molecule has 0 radical (unpaired) electrons. The lowest BCUT2D eigenvalue weighted by atomic mass is 9.73. The van der Waals surface area contributed by atoms with Gasteiger partial charge < -0.3 is 9.47 Å². The summed E-state index contributed by atoms with van der Waals surface area (Å²) < 4.78 is 98.3. The van der Waals surface area contributed by atoms with E-state index in [1.165, 1.54) is 0 Å². The number of hydrogen-bond acceptors (Lipinski definition) is 3. The largest absolute Gasteiger partial charge is 0.457 e. The van der Waals surface area contributed by atoms with Crippen molar-refractivity contribution in [3.8, 4) is 23.0 Å². The van der Waals surface area contributed by atoms with Crippen molar-refractivity contribution in [2.45, 2.75) is 31.6 Å². The maximum atomic E-state index is 14.5. The van der Waals surface area contributed by atoms with Crippen LogP contribution >= 0.6 is 0 Å². The van der Waals surface area contributed by atoms with Crippen molar-refractivity contribution in [1.29, 1.82) is 0 Å². The molecule has 0 saturated carbocycles. The molecule has 0 unspecified atom stereocenters. The number of aryl methyl sites for hydroxylation is 1. The maximum Gasteiger partial charge on any atom is 0.411 e. The van der Waals surface area contributed by atoms with E-state index in [2.05, 4.69) is 4.99 Å². The van der Waals surface area contributed by atoms with Crippen LogP contribution in [0.1, 0.15) is 23.6 Å². The molecule has 0 spiro atoms. The number of aliphatic imine (C=N–C) groups is 1. The fourth-order valence-electron chi connectivity index (χ4n) is 4.26. The molecule has 0 atom stereocenters. The number of halogens is 6. The van der Waals surface area contributed by atoms with Crippen LogP contribution in [0.2, 0.25) is 0 Å². The number of alkyl halides is 6. The quantitative estimate of drug-likeness (QED) is 0.172. The molecule has 0 fully saturated rings. The van der Waals surface area contributed by atoms with E-state index < -0.39 is 28.9 Å². The third-order valence-corrected chi connectivity index (χ3v) is 5.98. The molecule has 0 heterocycles. The molecule has 4 rings (SSSR count). The van der Waals surface area contributed by atoms with Crippen LogP contribution < -0.4 is 9.47 Å². The second kappa shape index (κ2) is 10.8. The molecule has 9 heteroatoms. The van der Waals surface area contributed by atoms with Gasteiger partial charge in [0, 0.05) is 12.3 Å². The highest BCUT2D eigenvalue weighted by Gasteiger charge is 2.72. The molecule has 0 aromatic heterocycles. The van der Waals surface area contributed by atoms with Gasteiger partial charge >= 0.3 is 12.4 Å². The molecule has 202 valence electrons. The smallest absolute Gasteiger partial charge is 0.411 e. The van der Waals surface area contributed by atoms with E-state index in [0.29, 0.717) is 17.2 Å². The summed E-state index contributed by atoms with van der Waals surface area (Å²) in [6, 6.07) is 20.9. The average Bonchev–Trinajstić information content (AvgIpc) is 2.85. The van der Waals surface area contributed by atoms with Crippen molar-refractivity contribution in [2.24, 2.45) is 4.99 Å². The average molecular weight is 544 g/mol. The minimum Gasteiger partial charge on any atom is -0.457 e. The monoisotopic (exact) mass is 543 g/mol. The van der Waals surface area contributed by atoms with E-state index in [0.717, 1.165) is 54.1 Å². The van der Waals surface area contributed by atoms with E-state index in [4.69, 9.17) is 9.47 Å². The molecule has 0 aliphatic heterocycles. The SMILES string of the molecule is CC=Nc1cccc(Oc2ccc(C(c3ccc(Oc4cccc(C)c4)cc3)(C(F)(F)F)C(F)(F)F)cc2)c1. The Morgan fingerprint density at radius 1 is 0.590 bits per heavy atom. The van der Waals surface area contributed by atoms with Crippen LogP contribution in [0.25, 0.3) is 0 Å². The van der Waals surface area contributed by atoms with Crippen molar-refractivity contribution in [1.82, 2.24) is 0 Å². The number of rotatable bonds is 7. The Hall–Kier alpha value is -4.27. The Bertz CT molecular complexity index is 1430. The highest BCUT2D eigenvalue weighted by Crippen LogP contribution is 2.56. The van der Waals surface area contributed by atoms with Crippen molar-refractivity contribution < 1.29 is 35.8 Å². The lowest BCUT2D eigenvalue weighted by Gasteiger charge is -2.38. The summed E-state index contributed by atoms with van der Waals surface area (Å²) in [6.45, 7) is 3.55. The summed E-state index contributed by atoms with van der Waals surface area (Å²) >= 11 is 0. The van der Waals surface area contributed by atoms with Crippen LogP contribution in [-0.2, 0) is 5.41 Å². The van der Waals surface area contributed by atoms with Crippen molar-refractivity contribution in [3.05, 3.63) is 114 Å². The summed E-state index contributed by atoms with van der Waals surface area (Å²) in [5.74, 6) is 0.897. The zero-order valence-electron chi connectivity index (χ0n) is 20.8. The summed E-state index contributed by atoms with van der Waals surface area (Å²) in [7, 11) is 0. The molecule has 0 bridgehead atoms. The molecule has 0 saturated heterocycles. The van der Waals surface area contributed by atoms with Crippen LogP contribution in [0.3, 0.4) is 0 Å². The van der Waals surface area contributed by atoms with Crippen LogP contribution in [0.5, 0.6) is 23.0 Å². The summed E-state index contributed by atoms with van der Waals surface area (Å²) in [5, 5.41) is 0. The third-order valence-electron chi connectivity index (χ3n) is 5.98. The van der Waals surface area contributed by atoms with Crippen LogP contribution in [0.4, 0.5) is 32.0 Å². The second-order valence-corrected chi connectivity index (χ2v) is 8.70. The summed E-state index contributed by atoms with van der Waals surface area (Å²) in [5.41, 5.74) is -4.80. The van der Waals surface area contributed by atoms with Gasteiger partial charge in [-0.3, -0.25) is 4.99 Å². The number of benzene rings is 4. The molecule has 0 aliphatic rings. The first kappa shape index (κ1) is 27.8. The molecule has 4 aromatic carbocycles. The standard InChI is InChI=1S/C30H23F6NO2/c1-3-37-23-7-5-9-27(19-23)39-25-16-12-22(13-17-25)28(29(31,32)33,30(34,35)36)21-10-14-24(15-11-21)38-26-8-4-6-20(2)18-26/h3-19H,1-2H3. The zero-order chi connectivity index (χ0) is 28.3. The van der Waals surface area contributed by atoms with Gasteiger partial charge in [-0.1, -0.05) is 42.5 Å². The predicted octanol–water partition coefficient (Wildman–Crippen LogP) is 9.71. The normalized spacial score (nSPS) is 12.5. The van der Waals surface area contributed by atoms with E-state index in [9.17, 15) is 26.3 Å². The van der Waals surface area contributed by atoms with Gasteiger partial charge in [0.2, 0.25) is 5.41 Å². The molecular formula is C30H23F6NO2. The van der Waals surface area contributed by atoms with Crippen molar-refractivity contribution >= 4 is 11.9 Å². The van der Waals surface area contributed by atoms with Gasteiger partial charge in [-0.25, -0.2) is 0 Å². The first-order valence-corrected chi connectivity index (χ1v) is 11.8. The molecule has 39 heavy (non-hydrogen) atoms. The fraction of sp³-hybridized carbons (Fsp3) is 0.167. The van der Waals surface area contributed by atoms with E-state index in [-0.39, 0.29) is 11.5 Å². The Balaban J connectivity index is 1.71. The van der Waals surface area contributed by atoms with E-state index in [1.807, 2.05) is 13.0 Å². The lowest BCUT2D eigenvalue weighted by Crippen LogP contribution is -2.54. The first-order chi connectivity index (χ1) is 18.4. The van der Waals surface area contributed by atoms with E-state index >= 15 is 0 Å². The molecule has 0 aliphatic carbocycles. The van der Waals surface area contributed by atoms with Gasteiger partial charge in [-0.05, 0) is 79.1 Å². The minimum absolute atomic E-state index is 0.0662. The van der Waals surface area contributed by atoms with Gasteiger partial charge in [0.15, 0.2) is 0 Å². The fourth-order valence-corrected chi connectivity index (χ4v) is 4.26. The molecule has 0 amide bonds. The predicted molar refractivity (Wildman–Crippen MR) is 137 cm³/mol. The zero-order valence-corrected chi connectivity index (χ0v) is 20.8. The molecule has 3 nitrogen and oxygen atoms in total. The number of hydrogen-bond donors (Lipinski definition) is 0. The Labute approximate surface area is 221 Å². The van der Waals surface area contributed by atoms with Gasteiger partial charge in [-0.2, -0.15) is 26.3 Å². The van der Waals surface area contributed by atoms with Gasteiger partial charge in [-0.15, -0.1) is 0 Å². The van der Waals surface area contributed by atoms with Gasteiger partial charge in [0.25, 0.3) is 0 Å². The van der Waals surface area contributed by atoms with Crippen molar-refractivity contribution in [3.63, 3.8) is 0 Å². The Morgan fingerprint density at radius 3 is 1.49 bits per heavy atom. The van der Waals surface area contributed by atoms with Crippen molar-refractivity contribution in [2.75, 3.05) is 0 Å². The van der Waals surface area contributed by atoms with Crippen LogP contribution in [-0.4, -0.2) is 18.6 Å². The topological polar surface area (TPSA) is 30.8 Å². The molecule has 4 aromatic rings. The second-order valence-electron chi connectivity index (χ2n) is 8.70. The summed E-state index contributed by atoms with van der Waals surface area (Å²) in [6.07, 6.45) is -9.85. The summed E-state index contributed by atoms with van der Waals surface area (Å²) in [4.78, 5) is 4.11. The highest BCUT2D eigenvalue weighted by molar-refractivity contribution is 5.61. The van der Waals surface area contributed by atoms with E-state index in [1.54, 1.807) is 55.6 Å². The van der Waals surface area contributed by atoms with Gasteiger partial charge in [0.05, 0.1) is 5.69 Å². The minimum atomic E-state index is -5.71. The van der Waals surface area contributed by atoms with Gasteiger partial charge in [0.1, 0.15) is 23.0 Å². The maximum absolute atomic E-state index is 14.5. The number of ether oxygens (including phenoxy) is 2. The first-order valence-electron chi connectivity index (χ1n) is 11.8. The van der Waals surface area contributed by atoms with Crippen LogP contribution in [0.15, 0.2) is 102 Å². The lowest BCUT2D eigenvalue weighted by molar-refractivity contribution is -0.288. The van der Waals surface area contributed by atoms with Crippen LogP contribution in [0, 0.1) is 6.92 Å². The highest BCUT2D eigenvalue weighted by atomic mass is 19.4. The third kappa shape index (κ3) is 5.77. The Morgan fingerprint density at radius 2 is 1.05 bits per heavy atom. The molecule has 0 N–H and O–H groups in total.